The van der Waals surface area contributed by atoms with Crippen molar-refractivity contribution in [3.63, 3.8) is 0 Å². The maximum atomic E-state index is 12.1. The third-order valence-corrected chi connectivity index (χ3v) is 3.32. The molecule has 2 saturated heterocycles. The Morgan fingerprint density at radius 1 is 1.24 bits per heavy atom. The average molecular weight is 241 g/mol. The number of nitrogens with zero attached hydrogens (tertiary/aromatic N) is 2. The van der Waals surface area contributed by atoms with E-state index in [-0.39, 0.29) is 18.1 Å². The Labute approximate surface area is 103 Å². The summed E-state index contributed by atoms with van der Waals surface area (Å²) in [6.07, 6.45) is 0.462. The van der Waals surface area contributed by atoms with E-state index in [4.69, 9.17) is 4.74 Å². The molecule has 1 N–H and O–H groups in total. The lowest BCUT2D eigenvalue weighted by molar-refractivity contribution is -0.136. The van der Waals surface area contributed by atoms with E-state index >= 15 is 0 Å². The number of carbonyl (C=O) groups is 1. The number of ether oxygens (including phenoxy) is 1. The number of nitrogens with one attached hydrogen (secondary N) is 1. The van der Waals surface area contributed by atoms with E-state index in [9.17, 15) is 4.79 Å². The lowest BCUT2D eigenvalue weighted by atomic mass is 10.2. The van der Waals surface area contributed by atoms with Gasteiger partial charge in [0.15, 0.2) is 0 Å². The van der Waals surface area contributed by atoms with Crippen LogP contribution in [0.15, 0.2) is 0 Å². The van der Waals surface area contributed by atoms with E-state index in [0.717, 1.165) is 39.3 Å². The second-order valence-electron chi connectivity index (χ2n) is 5.08. The Balaban J connectivity index is 1.80. The van der Waals surface area contributed by atoms with Crippen LogP contribution in [0.1, 0.15) is 13.8 Å². The highest BCUT2D eigenvalue weighted by Gasteiger charge is 2.25. The average Bonchev–Trinajstić information content (AvgIpc) is 2.28. The minimum Gasteiger partial charge on any atom is -0.373 e. The van der Waals surface area contributed by atoms with Gasteiger partial charge in [-0.25, -0.2) is 0 Å². The Bertz CT molecular complexity index is 256. The van der Waals surface area contributed by atoms with Gasteiger partial charge in [-0.15, -0.1) is 0 Å². The van der Waals surface area contributed by atoms with E-state index in [1.807, 2.05) is 4.90 Å². The molecule has 17 heavy (non-hydrogen) atoms. The fourth-order valence-electron chi connectivity index (χ4n) is 2.62. The second kappa shape index (κ2) is 5.80. The molecule has 2 aliphatic rings. The molecule has 2 rings (SSSR count). The first kappa shape index (κ1) is 12.8. The predicted octanol–water partition coefficient (Wildman–Crippen LogP) is -0.473. The highest BCUT2D eigenvalue weighted by molar-refractivity contribution is 5.78. The number of rotatable bonds is 2. The standard InChI is InChI=1S/C12H23N3O2/c1-10-7-14(8-11(2)17-10)9-12(16)15-5-3-13-4-6-15/h10-11,13H,3-9H2,1-2H3/t10-,11+. The minimum atomic E-state index is 0.231. The molecule has 0 aromatic rings. The molecular formula is C12H23N3O2. The first-order valence-electron chi connectivity index (χ1n) is 6.51. The third-order valence-electron chi connectivity index (χ3n) is 3.32. The molecule has 0 unspecified atom stereocenters. The van der Waals surface area contributed by atoms with Crippen LogP contribution in [-0.2, 0) is 9.53 Å². The van der Waals surface area contributed by atoms with Crippen molar-refractivity contribution < 1.29 is 9.53 Å². The molecule has 0 spiro atoms. The summed E-state index contributed by atoms with van der Waals surface area (Å²) in [5, 5.41) is 3.26. The Morgan fingerprint density at radius 2 is 1.82 bits per heavy atom. The summed E-state index contributed by atoms with van der Waals surface area (Å²) in [4.78, 5) is 16.3. The van der Waals surface area contributed by atoms with Crippen LogP contribution in [0.5, 0.6) is 0 Å². The largest absolute Gasteiger partial charge is 0.373 e. The molecule has 1 amide bonds. The number of amides is 1. The normalized spacial score (nSPS) is 31.5. The maximum Gasteiger partial charge on any atom is 0.236 e. The van der Waals surface area contributed by atoms with Crippen molar-refractivity contribution in [2.24, 2.45) is 0 Å². The van der Waals surface area contributed by atoms with Crippen LogP contribution in [0, 0.1) is 0 Å². The number of morpholine rings is 1. The third kappa shape index (κ3) is 3.66. The molecule has 5 nitrogen and oxygen atoms in total. The first-order chi connectivity index (χ1) is 8.15. The molecule has 0 radical (unpaired) electrons. The number of hydrogen-bond acceptors (Lipinski definition) is 4. The van der Waals surface area contributed by atoms with Gasteiger partial charge >= 0.3 is 0 Å². The van der Waals surface area contributed by atoms with E-state index in [2.05, 4.69) is 24.1 Å². The van der Waals surface area contributed by atoms with Crippen LogP contribution in [-0.4, -0.2) is 73.7 Å². The van der Waals surface area contributed by atoms with Gasteiger partial charge in [0.1, 0.15) is 0 Å². The topological polar surface area (TPSA) is 44.8 Å². The van der Waals surface area contributed by atoms with Gasteiger partial charge in [-0.2, -0.15) is 0 Å². The molecule has 98 valence electrons. The molecule has 0 aliphatic carbocycles. The zero-order chi connectivity index (χ0) is 12.3. The Hall–Kier alpha value is -0.650. The smallest absolute Gasteiger partial charge is 0.236 e. The van der Waals surface area contributed by atoms with Crippen LogP contribution >= 0.6 is 0 Å². The van der Waals surface area contributed by atoms with Crippen molar-refractivity contribution in [2.75, 3.05) is 45.8 Å². The Kier molecular flexibility index (Phi) is 4.36. The van der Waals surface area contributed by atoms with Crippen molar-refractivity contribution in [3.8, 4) is 0 Å². The molecule has 2 atom stereocenters. The second-order valence-corrected chi connectivity index (χ2v) is 5.08. The maximum absolute atomic E-state index is 12.1. The van der Waals surface area contributed by atoms with Crippen LogP contribution in [0.3, 0.4) is 0 Å². The first-order valence-corrected chi connectivity index (χ1v) is 6.51. The molecule has 0 saturated carbocycles. The zero-order valence-electron chi connectivity index (χ0n) is 10.8. The quantitative estimate of drug-likeness (QED) is 0.710. The van der Waals surface area contributed by atoms with Gasteiger partial charge in [-0.3, -0.25) is 9.69 Å². The van der Waals surface area contributed by atoms with Gasteiger partial charge < -0.3 is 15.0 Å². The molecular weight excluding hydrogens is 218 g/mol. The summed E-state index contributed by atoms with van der Waals surface area (Å²) < 4.78 is 5.67. The fraction of sp³-hybridized carbons (Fsp3) is 0.917. The number of piperazine rings is 1. The van der Waals surface area contributed by atoms with E-state index in [0.29, 0.717) is 6.54 Å². The minimum absolute atomic E-state index is 0.231. The summed E-state index contributed by atoms with van der Waals surface area (Å²) in [6.45, 7) is 9.92. The van der Waals surface area contributed by atoms with Gasteiger partial charge in [0.2, 0.25) is 5.91 Å². The van der Waals surface area contributed by atoms with Crippen molar-refractivity contribution in [1.29, 1.82) is 0 Å². The molecule has 0 bridgehead atoms. The van der Waals surface area contributed by atoms with Gasteiger partial charge in [-0.05, 0) is 13.8 Å². The highest BCUT2D eigenvalue weighted by Crippen LogP contribution is 2.10. The van der Waals surface area contributed by atoms with Crippen LogP contribution < -0.4 is 5.32 Å². The Morgan fingerprint density at radius 3 is 2.41 bits per heavy atom. The molecule has 2 fully saturated rings. The predicted molar refractivity (Wildman–Crippen MR) is 65.9 cm³/mol. The zero-order valence-corrected chi connectivity index (χ0v) is 10.8. The summed E-state index contributed by atoms with van der Waals surface area (Å²) in [7, 11) is 0. The van der Waals surface area contributed by atoms with E-state index in [1.165, 1.54) is 0 Å². The van der Waals surface area contributed by atoms with Crippen molar-refractivity contribution in [3.05, 3.63) is 0 Å². The van der Waals surface area contributed by atoms with Gasteiger partial charge in [0, 0.05) is 39.3 Å². The van der Waals surface area contributed by atoms with E-state index < -0.39 is 0 Å². The molecule has 0 aromatic heterocycles. The molecule has 5 heteroatoms. The molecule has 0 aromatic carbocycles. The van der Waals surface area contributed by atoms with E-state index in [1.54, 1.807) is 0 Å². The monoisotopic (exact) mass is 241 g/mol. The summed E-state index contributed by atoms with van der Waals surface area (Å²) in [6, 6.07) is 0. The van der Waals surface area contributed by atoms with Gasteiger partial charge in [0.25, 0.3) is 0 Å². The van der Waals surface area contributed by atoms with Crippen LogP contribution in [0.4, 0.5) is 0 Å². The van der Waals surface area contributed by atoms with Crippen LogP contribution in [0.25, 0.3) is 0 Å². The molecule has 2 aliphatic heterocycles. The molecule has 2 heterocycles. The SMILES string of the molecule is C[C@@H]1CN(CC(=O)N2CCNCC2)C[C@H](C)O1. The summed E-state index contributed by atoms with van der Waals surface area (Å²) >= 11 is 0. The van der Waals surface area contributed by atoms with Crippen molar-refractivity contribution in [1.82, 2.24) is 15.1 Å². The summed E-state index contributed by atoms with van der Waals surface area (Å²) in [5.74, 6) is 0.257. The van der Waals surface area contributed by atoms with Crippen molar-refractivity contribution >= 4 is 5.91 Å². The van der Waals surface area contributed by atoms with Gasteiger partial charge in [0.05, 0.1) is 18.8 Å². The van der Waals surface area contributed by atoms with Crippen LogP contribution in [0.2, 0.25) is 0 Å². The van der Waals surface area contributed by atoms with Crippen molar-refractivity contribution in [2.45, 2.75) is 26.1 Å². The number of hydrogen-bond donors (Lipinski definition) is 1. The number of carbonyl (C=O) groups excluding carboxylic acids is 1. The highest BCUT2D eigenvalue weighted by atomic mass is 16.5. The summed E-state index contributed by atoms with van der Waals surface area (Å²) in [5.41, 5.74) is 0. The van der Waals surface area contributed by atoms with Gasteiger partial charge in [-0.1, -0.05) is 0 Å². The fourth-order valence-corrected chi connectivity index (χ4v) is 2.62. The lowest BCUT2D eigenvalue weighted by Gasteiger charge is -2.36. The lowest BCUT2D eigenvalue weighted by Crippen LogP contribution is -2.53.